The summed E-state index contributed by atoms with van der Waals surface area (Å²) in [5.41, 5.74) is 3.68. The number of carbonyl (C=O) groups is 2. The third-order valence-electron chi connectivity index (χ3n) is 7.71. The maximum Gasteiger partial charge on any atom is 0.303 e. The molecule has 1 unspecified atom stereocenters. The average molecular weight is 590 g/mol. The summed E-state index contributed by atoms with van der Waals surface area (Å²) in [5.74, 6) is -0.0874. The third kappa shape index (κ3) is 8.35. The SMILES string of the molecule is CC(=O)O[C@@H](C)C(=O)NCc1ccc(C2O[C@H](CN3CCN(c4ncccn4)CC3)C[C@H](c3ccc(CO)cc3)O2)cc1. The Morgan fingerprint density at radius 1 is 0.977 bits per heavy atom. The molecule has 2 aromatic carbocycles. The van der Waals surface area contributed by atoms with E-state index in [9.17, 15) is 14.7 Å². The normalized spacial score (nSPS) is 21.7. The van der Waals surface area contributed by atoms with E-state index in [1.165, 1.54) is 6.92 Å². The zero-order valence-corrected chi connectivity index (χ0v) is 24.6. The number of aliphatic hydroxyl groups is 1. The van der Waals surface area contributed by atoms with Crippen molar-refractivity contribution in [3.63, 3.8) is 0 Å². The Kier molecular flexibility index (Phi) is 10.3. The molecule has 4 atom stereocenters. The van der Waals surface area contributed by atoms with Crippen LogP contribution in [-0.4, -0.2) is 76.8 Å². The fourth-order valence-electron chi connectivity index (χ4n) is 5.33. The lowest BCUT2D eigenvalue weighted by molar-refractivity contribution is -0.253. The second-order valence-corrected chi connectivity index (χ2v) is 10.9. The molecule has 5 rings (SSSR count). The first-order valence-electron chi connectivity index (χ1n) is 14.7. The van der Waals surface area contributed by atoms with Crippen LogP contribution in [0.25, 0.3) is 0 Å². The first-order valence-corrected chi connectivity index (χ1v) is 14.7. The highest BCUT2D eigenvalue weighted by Crippen LogP contribution is 2.38. The van der Waals surface area contributed by atoms with Gasteiger partial charge in [0, 0.05) is 70.6 Å². The fourth-order valence-corrected chi connectivity index (χ4v) is 5.33. The molecule has 0 radical (unpaired) electrons. The van der Waals surface area contributed by atoms with Gasteiger partial charge in [-0.2, -0.15) is 0 Å². The van der Waals surface area contributed by atoms with Gasteiger partial charge in [0.05, 0.1) is 18.8 Å². The maximum absolute atomic E-state index is 12.2. The van der Waals surface area contributed by atoms with Gasteiger partial charge >= 0.3 is 5.97 Å². The first kappa shape index (κ1) is 30.6. The number of aliphatic hydroxyl groups excluding tert-OH is 1. The Morgan fingerprint density at radius 3 is 2.28 bits per heavy atom. The van der Waals surface area contributed by atoms with Crippen molar-refractivity contribution in [2.45, 2.75) is 58.0 Å². The molecule has 3 aromatic rings. The Morgan fingerprint density at radius 2 is 1.63 bits per heavy atom. The van der Waals surface area contributed by atoms with E-state index in [-0.39, 0.29) is 24.7 Å². The first-order chi connectivity index (χ1) is 20.9. The number of hydrogen-bond donors (Lipinski definition) is 2. The Labute approximate surface area is 251 Å². The van der Waals surface area contributed by atoms with E-state index >= 15 is 0 Å². The molecule has 11 heteroatoms. The molecule has 0 spiro atoms. The van der Waals surface area contributed by atoms with E-state index in [0.29, 0.717) is 13.0 Å². The minimum absolute atomic E-state index is 0.00433. The van der Waals surface area contributed by atoms with Crippen molar-refractivity contribution in [3.05, 3.63) is 89.2 Å². The van der Waals surface area contributed by atoms with Crippen LogP contribution in [0, 0.1) is 0 Å². The molecular formula is C32H39N5O6. The van der Waals surface area contributed by atoms with Crippen molar-refractivity contribution in [3.8, 4) is 0 Å². The predicted molar refractivity (Wildman–Crippen MR) is 159 cm³/mol. The van der Waals surface area contributed by atoms with E-state index < -0.39 is 18.4 Å². The molecule has 1 aromatic heterocycles. The fraction of sp³-hybridized carbons (Fsp3) is 0.438. The maximum atomic E-state index is 12.2. The summed E-state index contributed by atoms with van der Waals surface area (Å²) < 4.78 is 18.0. The van der Waals surface area contributed by atoms with Crippen LogP contribution < -0.4 is 10.2 Å². The number of ether oxygens (including phenoxy) is 3. The summed E-state index contributed by atoms with van der Waals surface area (Å²) in [5, 5.41) is 12.3. The standard InChI is InChI=1S/C32H39N5O6/c1-22(41-23(2)39)30(40)35-19-24-4-10-27(11-5-24)31-42-28(18-29(43-31)26-8-6-25(21-38)7-9-26)20-36-14-16-37(17-15-36)32-33-12-3-13-34-32/h3-13,22,28-29,31,38H,14-21H2,1-2H3,(H,35,40)/t22-,28-,29+,31?/m0/s1. The second kappa shape index (κ2) is 14.5. The minimum Gasteiger partial charge on any atom is -0.453 e. The van der Waals surface area contributed by atoms with Crippen LogP contribution in [0.3, 0.4) is 0 Å². The van der Waals surface area contributed by atoms with Crippen LogP contribution in [0.2, 0.25) is 0 Å². The van der Waals surface area contributed by atoms with Crippen molar-refractivity contribution in [2.24, 2.45) is 0 Å². The van der Waals surface area contributed by atoms with Crippen LogP contribution in [0.5, 0.6) is 0 Å². The van der Waals surface area contributed by atoms with Gasteiger partial charge in [0.25, 0.3) is 5.91 Å². The molecule has 2 N–H and O–H groups in total. The number of amides is 1. The number of rotatable bonds is 10. The molecule has 0 bridgehead atoms. The van der Waals surface area contributed by atoms with Gasteiger partial charge in [-0.15, -0.1) is 0 Å². The Balaban J connectivity index is 1.23. The summed E-state index contributed by atoms with van der Waals surface area (Å²) >= 11 is 0. The number of nitrogens with zero attached hydrogens (tertiary/aromatic N) is 4. The number of benzene rings is 2. The molecule has 2 aliphatic heterocycles. The molecule has 0 saturated carbocycles. The molecule has 3 heterocycles. The van der Waals surface area contributed by atoms with Crippen molar-refractivity contribution >= 4 is 17.8 Å². The second-order valence-electron chi connectivity index (χ2n) is 10.9. The molecule has 2 aliphatic rings. The van der Waals surface area contributed by atoms with Crippen LogP contribution in [0.15, 0.2) is 67.0 Å². The number of nitrogens with one attached hydrogen (secondary N) is 1. The summed E-state index contributed by atoms with van der Waals surface area (Å²) in [6, 6.07) is 17.5. The predicted octanol–water partition coefficient (Wildman–Crippen LogP) is 2.90. The lowest BCUT2D eigenvalue weighted by Crippen LogP contribution is -2.50. The topological polar surface area (TPSA) is 126 Å². The Hall–Kier alpha value is -3.90. The van der Waals surface area contributed by atoms with Crippen molar-refractivity contribution in [1.82, 2.24) is 20.2 Å². The van der Waals surface area contributed by atoms with E-state index in [0.717, 1.165) is 60.9 Å². The van der Waals surface area contributed by atoms with Crippen molar-refractivity contribution in [1.29, 1.82) is 0 Å². The largest absolute Gasteiger partial charge is 0.453 e. The number of piperazine rings is 1. The van der Waals surface area contributed by atoms with Crippen LogP contribution >= 0.6 is 0 Å². The van der Waals surface area contributed by atoms with Gasteiger partial charge < -0.3 is 29.5 Å². The van der Waals surface area contributed by atoms with E-state index in [1.807, 2.05) is 54.6 Å². The zero-order chi connectivity index (χ0) is 30.2. The van der Waals surface area contributed by atoms with Gasteiger partial charge in [-0.25, -0.2) is 9.97 Å². The number of hydrogen-bond acceptors (Lipinski definition) is 10. The molecule has 2 saturated heterocycles. The summed E-state index contributed by atoms with van der Waals surface area (Å²) in [7, 11) is 0. The lowest BCUT2D eigenvalue weighted by Gasteiger charge is -2.40. The molecule has 43 heavy (non-hydrogen) atoms. The molecule has 228 valence electrons. The van der Waals surface area contributed by atoms with Crippen molar-refractivity contribution in [2.75, 3.05) is 37.6 Å². The summed E-state index contributed by atoms with van der Waals surface area (Å²) in [4.78, 5) is 36.7. The molecule has 1 amide bonds. The molecular weight excluding hydrogens is 550 g/mol. The van der Waals surface area contributed by atoms with Crippen LogP contribution in [0.4, 0.5) is 5.95 Å². The quantitative estimate of drug-likeness (QED) is 0.341. The summed E-state index contributed by atoms with van der Waals surface area (Å²) in [6.07, 6.45) is 2.62. The monoisotopic (exact) mass is 589 g/mol. The number of aromatic nitrogens is 2. The van der Waals surface area contributed by atoms with E-state index in [2.05, 4.69) is 25.1 Å². The average Bonchev–Trinajstić information content (AvgIpc) is 3.04. The van der Waals surface area contributed by atoms with Gasteiger partial charge in [-0.1, -0.05) is 48.5 Å². The van der Waals surface area contributed by atoms with Gasteiger partial charge in [-0.05, 0) is 29.7 Å². The molecule has 0 aliphatic carbocycles. The number of carbonyl (C=O) groups excluding carboxylic acids is 2. The third-order valence-corrected chi connectivity index (χ3v) is 7.71. The highest BCUT2D eigenvalue weighted by Gasteiger charge is 2.34. The summed E-state index contributed by atoms with van der Waals surface area (Å²) in [6.45, 7) is 7.36. The molecule has 11 nitrogen and oxygen atoms in total. The number of esters is 1. The lowest BCUT2D eigenvalue weighted by atomic mass is 9.99. The van der Waals surface area contributed by atoms with Gasteiger partial charge in [0.1, 0.15) is 0 Å². The minimum atomic E-state index is -0.851. The van der Waals surface area contributed by atoms with Gasteiger partial charge in [0.2, 0.25) is 5.95 Å². The van der Waals surface area contributed by atoms with E-state index in [4.69, 9.17) is 14.2 Å². The smallest absolute Gasteiger partial charge is 0.303 e. The highest BCUT2D eigenvalue weighted by molar-refractivity contribution is 5.82. The zero-order valence-electron chi connectivity index (χ0n) is 24.6. The molecule has 2 fully saturated rings. The Bertz CT molecular complexity index is 1330. The van der Waals surface area contributed by atoms with Crippen molar-refractivity contribution < 1.29 is 28.9 Å². The van der Waals surface area contributed by atoms with E-state index in [1.54, 1.807) is 19.3 Å². The highest BCUT2D eigenvalue weighted by atomic mass is 16.7. The number of anilines is 1. The van der Waals surface area contributed by atoms with Crippen LogP contribution in [0.1, 0.15) is 54.9 Å². The van der Waals surface area contributed by atoms with Crippen LogP contribution in [-0.2, 0) is 37.0 Å². The van der Waals surface area contributed by atoms with Gasteiger partial charge in [0.15, 0.2) is 12.4 Å². The van der Waals surface area contributed by atoms with Gasteiger partial charge in [-0.3, -0.25) is 14.5 Å².